The van der Waals surface area contributed by atoms with Gasteiger partial charge in [-0.1, -0.05) is 41.9 Å². The van der Waals surface area contributed by atoms with Gasteiger partial charge >= 0.3 is 6.09 Å². The third-order valence-corrected chi connectivity index (χ3v) is 2.71. The van der Waals surface area contributed by atoms with Crippen molar-refractivity contribution in [3.63, 3.8) is 0 Å². The Morgan fingerprint density at radius 1 is 1.31 bits per heavy atom. The molecular formula is C12H10ClNO2. The van der Waals surface area contributed by atoms with Crippen LogP contribution in [0.4, 0.5) is 4.79 Å². The average Bonchev–Trinajstić information content (AvgIpc) is 2.29. The lowest BCUT2D eigenvalue weighted by Gasteiger charge is -2.28. The fraction of sp³-hybridized carbons (Fsp3) is 0.0833. The first kappa shape index (κ1) is 10.8. The van der Waals surface area contributed by atoms with Gasteiger partial charge in [-0.25, -0.2) is 4.79 Å². The molecule has 1 amide bonds. The normalized spacial score (nSPS) is 19.4. The lowest BCUT2D eigenvalue weighted by molar-refractivity contribution is 0.153. The molecule has 0 aliphatic carbocycles. The van der Waals surface area contributed by atoms with Crippen molar-refractivity contribution in [2.24, 2.45) is 0 Å². The molecule has 1 heterocycles. The van der Waals surface area contributed by atoms with Crippen molar-refractivity contribution in [3.05, 3.63) is 59.3 Å². The highest BCUT2D eigenvalue weighted by Crippen LogP contribution is 2.33. The van der Waals surface area contributed by atoms with E-state index in [4.69, 9.17) is 16.7 Å². The number of benzene rings is 1. The lowest BCUT2D eigenvalue weighted by Crippen LogP contribution is -2.30. The molecule has 2 rings (SSSR count). The Morgan fingerprint density at radius 2 is 2.00 bits per heavy atom. The molecule has 0 bridgehead atoms. The highest BCUT2D eigenvalue weighted by atomic mass is 35.5. The summed E-state index contributed by atoms with van der Waals surface area (Å²) in [5.74, 6) is 0. The van der Waals surface area contributed by atoms with Crippen LogP contribution in [-0.2, 0) is 0 Å². The van der Waals surface area contributed by atoms with E-state index in [0.29, 0.717) is 5.03 Å². The Morgan fingerprint density at radius 3 is 2.62 bits per heavy atom. The molecule has 3 nitrogen and oxygen atoms in total. The Kier molecular flexibility index (Phi) is 2.97. The maximum absolute atomic E-state index is 11.1. The third kappa shape index (κ3) is 1.95. The number of hydrogen-bond donors (Lipinski definition) is 1. The van der Waals surface area contributed by atoms with Gasteiger partial charge in [0.1, 0.15) is 6.04 Å². The topological polar surface area (TPSA) is 40.5 Å². The molecule has 1 aliphatic heterocycles. The van der Waals surface area contributed by atoms with Crippen LogP contribution < -0.4 is 0 Å². The van der Waals surface area contributed by atoms with E-state index >= 15 is 0 Å². The molecule has 0 spiro atoms. The molecule has 0 saturated heterocycles. The van der Waals surface area contributed by atoms with Crippen molar-refractivity contribution in [1.29, 1.82) is 0 Å². The second-order valence-corrected chi connectivity index (χ2v) is 3.83. The second kappa shape index (κ2) is 4.41. The molecule has 0 fully saturated rings. The zero-order valence-corrected chi connectivity index (χ0v) is 9.13. The Hall–Kier alpha value is -1.74. The average molecular weight is 236 g/mol. The summed E-state index contributed by atoms with van der Waals surface area (Å²) in [5.41, 5.74) is 0.857. The minimum absolute atomic E-state index is 0.439. The molecule has 1 aromatic rings. The van der Waals surface area contributed by atoms with Crippen molar-refractivity contribution in [2.45, 2.75) is 6.04 Å². The van der Waals surface area contributed by atoms with Crippen molar-refractivity contribution in [3.8, 4) is 0 Å². The minimum atomic E-state index is -1.02. The van der Waals surface area contributed by atoms with E-state index in [2.05, 4.69) is 0 Å². The molecule has 0 aromatic heterocycles. The first-order valence-corrected chi connectivity index (χ1v) is 5.18. The van der Waals surface area contributed by atoms with Crippen LogP contribution >= 0.6 is 11.6 Å². The number of amides is 1. The molecule has 1 N–H and O–H groups in total. The summed E-state index contributed by atoms with van der Waals surface area (Å²) < 4.78 is 0. The fourth-order valence-electron chi connectivity index (χ4n) is 1.67. The van der Waals surface area contributed by atoms with E-state index in [0.717, 1.165) is 5.56 Å². The van der Waals surface area contributed by atoms with Crippen LogP contribution in [0.5, 0.6) is 0 Å². The van der Waals surface area contributed by atoms with Gasteiger partial charge in [0.25, 0.3) is 0 Å². The first-order valence-electron chi connectivity index (χ1n) is 4.80. The Bertz CT molecular complexity index is 453. The van der Waals surface area contributed by atoms with E-state index in [1.54, 1.807) is 12.2 Å². The third-order valence-electron chi connectivity index (χ3n) is 2.38. The highest BCUT2D eigenvalue weighted by Gasteiger charge is 2.27. The number of rotatable bonds is 1. The van der Waals surface area contributed by atoms with E-state index in [1.807, 2.05) is 30.3 Å². The summed E-state index contributed by atoms with van der Waals surface area (Å²) in [6.07, 6.45) is 3.82. The molecule has 0 radical (unpaired) electrons. The number of halogens is 1. The Balaban J connectivity index is 2.40. The van der Waals surface area contributed by atoms with Crippen molar-refractivity contribution in [1.82, 2.24) is 4.90 Å². The largest absolute Gasteiger partial charge is 0.465 e. The molecular weight excluding hydrogens is 226 g/mol. The van der Waals surface area contributed by atoms with Crippen molar-refractivity contribution < 1.29 is 9.90 Å². The number of carboxylic acid groups (broad SMARTS) is 1. The maximum atomic E-state index is 11.1. The van der Waals surface area contributed by atoms with Crippen LogP contribution in [0, 0.1) is 0 Å². The zero-order chi connectivity index (χ0) is 11.5. The summed E-state index contributed by atoms with van der Waals surface area (Å²) in [7, 11) is 0. The van der Waals surface area contributed by atoms with Gasteiger partial charge in [-0.15, -0.1) is 0 Å². The van der Waals surface area contributed by atoms with Crippen LogP contribution in [0.25, 0.3) is 0 Å². The quantitative estimate of drug-likeness (QED) is 0.811. The van der Waals surface area contributed by atoms with Gasteiger partial charge in [-0.3, -0.25) is 4.90 Å². The molecule has 82 valence electrons. The van der Waals surface area contributed by atoms with Gasteiger partial charge in [0.05, 0.1) is 0 Å². The van der Waals surface area contributed by atoms with Gasteiger partial charge in [0.2, 0.25) is 0 Å². The smallest absolute Gasteiger partial charge is 0.412 e. The van der Waals surface area contributed by atoms with Crippen molar-refractivity contribution in [2.75, 3.05) is 0 Å². The number of allylic oxidation sites excluding steroid dienone is 2. The predicted octanol–water partition coefficient (Wildman–Crippen LogP) is 3.36. The molecule has 16 heavy (non-hydrogen) atoms. The fourth-order valence-corrected chi connectivity index (χ4v) is 1.97. The number of nitrogens with zero attached hydrogens (tertiary/aromatic N) is 1. The van der Waals surface area contributed by atoms with E-state index in [1.165, 1.54) is 11.1 Å². The number of hydrogen-bond acceptors (Lipinski definition) is 1. The monoisotopic (exact) mass is 235 g/mol. The van der Waals surface area contributed by atoms with Crippen LogP contribution in [0.1, 0.15) is 11.6 Å². The maximum Gasteiger partial charge on any atom is 0.412 e. The van der Waals surface area contributed by atoms with Crippen LogP contribution in [0.15, 0.2) is 53.7 Å². The highest BCUT2D eigenvalue weighted by molar-refractivity contribution is 6.30. The molecule has 1 aromatic carbocycles. The lowest BCUT2D eigenvalue weighted by atomic mass is 10.0. The van der Waals surface area contributed by atoms with Gasteiger partial charge in [0, 0.05) is 11.2 Å². The number of carbonyl (C=O) groups is 1. The molecule has 1 atom stereocenters. The van der Waals surface area contributed by atoms with Crippen LogP contribution in [0.2, 0.25) is 0 Å². The molecule has 0 saturated carbocycles. The summed E-state index contributed by atoms with van der Waals surface area (Å²) >= 11 is 6.06. The van der Waals surface area contributed by atoms with Gasteiger partial charge in [0.15, 0.2) is 0 Å². The molecule has 4 heteroatoms. The summed E-state index contributed by atoms with van der Waals surface area (Å²) in [4.78, 5) is 12.3. The first-order chi connectivity index (χ1) is 7.70. The van der Waals surface area contributed by atoms with E-state index < -0.39 is 12.1 Å². The van der Waals surface area contributed by atoms with Crippen LogP contribution in [-0.4, -0.2) is 16.1 Å². The predicted molar refractivity (Wildman–Crippen MR) is 62.1 cm³/mol. The van der Waals surface area contributed by atoms with Gasteiger partial charge < -0.3 is 5.11 Å². The zero-order valence-electron chi connectivity index (χ0n) is 8.38. The standard InChI is InChI=1S/C12H10ClNO2/c13-10-7-4-8-14(12(15)16)11(10)9-5-2-1-3-6-9/h1-8,11H,(H,15,16). The van der Waals surface area contributed by atoms with Crippen LogP contribution in [0.3, 0.4) is 0 Å². The Labute approximate surface area is 98.3 Å². The summed E-state index contributed by atoms with van der Waals surface area (Å²) in [6, 6.07) is 8.87. The van der Waals surface area contributed by atoms with Gasteiger partial charge in [-0.2, -0.15) is 0 Å². The van der Waals surface area contributed by atoms with Gasteiger partial charge in [-0.05, 0) is 17.7 Å². The molecule has 1 aliphatic rings. The molecule has 1 unspecified atom stereocenters. The summed E-state index contributed by atoms with van der Waals surface area (Å²) in [5, 5.41) is 9.57. The minimum Gasteiger partial charge on any atom is -0.465 e. The summed E-state index contributed by atoms with van der Waals surface area (Å²) in [6.45, 7) is 0. The van der Waals surface area contributed by atoms with Crippen molar-refractivity contribution >= 4 is 17.7 Å². The van der Waals surface area contributed by atoms with E-state index in [9.17, 15) is 4.79 Å². The second-order valence-electron chi connectivity index (χ2n) is 3.40. The SMILES string of the molecule is O=C(O)N1C=CC=C(Cl)C1c1ccccc1. The van der Waals surface area contributed by atoms with E-state index in [-0.39, 0.29) is 0 Å².